The molecule has 1 heterocycles. The van der Waals surface area contributed by atoms with Gasteiger partial charge in [0.25, 0.3) is 0 Å². The van der Waals surface area contributed by atoms with Crippen molar-refractivity contribution in [3.8, 4) is 0 Å². The van der Waals surface area contributed by atoms with Crippen LogP contribution in [0.2, 0.25) is 0 Å². The van der Waals surface area contributed by atoms with E-state index in [0.717, 1.165) is 43.1 Å². The Hall–Kier alpha value is -1.20. The second-order valence-corrected chi connectivity index (χ2v) is 6.41. The van der Waals surface area contributed by atoms with E-state index >= 15 is 0 Å². The van der Waals surface area contributed by atoms with Gasteiger partial charge in [-0.2, -0.15) is 11.8 Å². The lowest BCUT2D eigenvalue weighted by atomic mass is 10.1. The lowest BCUT2D eigenvalue weighted by Gasteiger charge is -2.21. The van der Waals surface area contributed by atoms with Crippen LogP contribution in [0, 0.1) is 6.92 Å². The molecule has 0 saturated carbocycles. The molecule has 0 spiro atoms. The van der Waals surface area contributed by atoms with Gasteiger partial charge in [-0.3, -0.25) is 4.79 Å². The molecule has 2 rings (SSSR count). The Balaban J connectivity index is 1.73. The van der Waals surface area contributed by atoms with E-state index in [1.165, 1.54) is 0 Å². The number of rotatable bonds is 5. The van der Waals surface area contributed by atoms with Crippen molar-refractivity contribution in [2.45, 2.75) is 31.4 Å². The van der Waals surface area contributed by atoms with Gasteiger partial charge in [0.15, 0.2) is 0 Å². The summed E-state index contributed by atoms with van der Waals surface area (Å²) in [6.07, 6.45) is 2.73. The molecule has 4 nitrogen and oxygen atoms in total. The van der Waals surface area contributed by atoms with Gasteiger partial charge in [0.2, 0.25) is 5.91 Å². The second kappa shape index (κ2) is 7.55. The van der Waals surface area contributed by atoms with Crippen molar-refractivity contribution < 1.29 is 9.53 Å². The molecule has 3 N–H and O–H groups in total. The van der Waals surface area contributed by atoms with E-state index in [-0.39, 0.29) is 5.91 Å². The molecule has 110 valence electrons. The highest BCUT2D eigenvalue weighted by Crippen LogP contribution is 2.23. The number of amides is 1. The Labute approximate surface area is 124 Å². The van der Waals surface area contributed by atoms with Crippen LogP contribution < -0.4 is 11.1 Å². The predicted molar refractivity (Wildman–Crippen MR) is 85.1 cm³/mol. The average molecular weight is 294 g/mol. The number of nitrogens with two attached hydrogens (primary N) is 1. The summed E-state index contributed by atoms with van der Waals surface area (Å²) in [5.74, 6) is 0.913. The zero-order valence-electron chi connectivity index (χ0n) is 11.9. The fourth-order valence-electron chi connectivity index (χ4n) is 2.16. The number of thioether (sulfide) groups is 1. The van der Waals surface area contributed by atoms with Gasteiger partial charge in [-0.15, -0.1) is 0 Å². The van der Waals surface area contributed by atoms with E-state index < -0.39 is 0 Å². The molecule has 0 radical (unpaired) electrons. The summed E-state index contributed by atoms with van der Waals surface area (Å²) in [6.45, 7) is 3.63. The Bertz CT molecular complexity index is 459. The van der Waals surface area contributed by atoms with Crippen molar-refractivity contribution in [3.63, 3.8) is 0 Å². The topological polar surface area (TPSA) is 64.3 Å². The van der Waals surface area contributed by atoms with Gasteiger partial charge in [0.05, 0.1) is 0 Å². The van der Waals surface area contributed by atoms with E-state index in [4.69, 9.17) is 10.5 Å². The van der Waals surface area contributed by atoms with Gasteiger partial charge < -0.3 is 15.8 Å². The van der Waals surface area contributed by atoms with Crippen LogP contribution in [0.1, 0.15) is 24.8 Å². The maximum absolute atomic E-state index is 11.9. The monoisotopic (exact) mass is 294 g/mol. The molecule has 0 atom stereocenters. The molecular weight excluding hydrogens is 272 g/mol. The molecule has 20 heavy (non-hydrogen) atoms. The third-order valence-corrected chi connectivity index (χ3v) is 4.88. The van der Waals surface area contributed by atoms with Crippen LogP contribution in [0.5, 0.6) is 0 Å². The molecule has 1 aliphatic heterocycles. The average Bonchev–Trinajstić information content (AvgIpc) is 2.45. The number of carbonyl (C=O) groups excluding carboxylic acids is 1. The first-order valence-electron chi connectivity index (χ1n) is 7.01. The standard InChI is InChI=1S/C15H22N2O2S/c1-11-13(16)3-2-4-14(11)17-15(18)7-10-20-12-5-8-19-9-6-12/h2-4,12H,5-10,16H2,1H3,(H,17,18). The van der Waals surface area contributed by atoms with Crippen LogP contribution in [0.25, 0.3) is 0 Å². The van der Waals surface area contributed by atoms with E-state index in [1.54, 1.807) is 0 Å². The maximum atomic E-state index is 11.9. The van der Waals surface area contributed by atoms with Crippen LogP contribution in [-0.2, 0) is 9.53 Å². The predicted octanol–water partition coefficient (Wildman–Crippen LogP) is 2.82. The molecule has 0 unspecified atom stereocenters. The van der Waals surface area contributed by atoms with Crippen molar-refractivity contribution in [1.82, 2.24) is 0 Å². The lowest BCUT2D eigenvalue weighted by molar-refractivity contribution is -0.115. The largest absolute Gasteiger partial charge is 0.398 e. The van der Waals surface area contributed by atoms with Gasteiger partial charge in [0.1, 0.15) is 0 Å². The zero-order chi connectivity index (χ0) is 14.4. The highest BCUT2D eigenvalue weighted by atomic mass is 32.2. The van der Waals surface area contributed by atoms with Gasteiger partial charge in [-0.1, -0.05) is 6.07 Å². The SMILES string of the molecule is Cc1c(N)cccc1NC(=O)CCSC1CCOCC1. The van der Waals surface area contributed by atoms with E-state index in [9.17, 15) is 4.79 Å². The van der Waals surface area contributed by atoms with Crippen molar-refractivity contribution >= 4 is 29.0 Å². The highest BCUT2D eigenvalue weighted by Gasteiger charge is 2.14. The minimum Gasteiger partial charge on any atom is -0.398 e. The second-order valence-electron chi connectivity index (χ2n) is 5.00. The summed E-state index contributed by atoms with van der Waals surface area (Å²) in [4.78, 5) is 11.9. The minimum absolute atomic E-state index is 0.0539. The van der Waals surface area contributed by atoms with Crippen molar-refractivity contribution in [2.75, 3.05) is 30.0 Å². The summed E-state index contributed by atoms with van der Waals surface area (Å²) in [7, 11) is 0. The van der Waals surface area contributed by atoms with Crippen LogP contribution in [0.3, 0.4) is 0 Å². The van der Waals surface area contributed by atoms with Crippen molar-refractivity contribution in [1.29, 1.82) is 0 Å². The lowest BCUT2D eigenvalue weighted by Crippen LogP contribution is -2.19. The van der Waals surface area contributed by atoms with Crippen LogP contribution in [-0.4, -0.2) is 30.1 Å². The van der Waals surface area contributed by atoms with Gasteiger partial charge >= 0.3 is 0 Å². The van der Waals surface area contributed by atoms with Gasteiger partial charge in [0, 0.05) is 42.0 Å². The smallest absolute Gasteiger partial charge is 0.225 e. The molecule has 1 aliphatic rings. The van der Waals surface area contributed by atoms with Crippen LogP contribution in [0.15, 0.2) is 18.2 Å². The molecule has 0 bridgehead atoms. The number of anilines is 2. The molecule has 0 aromatic heterocycles. The molecule has 1 fully saturated rings. The first kappa shape index (κ1) is 15.2. The summed E-state index contributed by atoms with van der Waals surface area (Å²) in [6, 6.07) is 5.58. The Morgan fingerprint density at radius 3 is 2.95 bits per heavy atom. The van der Waals surface area contributed by atoms with Crippen LogP contribution >= 0.6 is 11.8 Å². The summed E-state index contributed by atoms with van der Waals surface area (Å²) in [5, 5.41) is 3.58. The first-order chi connectivity index (χ1) is 9.66. The molecule has 0 aliphatic carbocycles. The number of hydrogen-bond donors (Lipinski definition) is 2. The fourth-order valence-corrected chi connectivity index (χ4v) is 3.32. The third-order valence-electron chi connectivity index (χ3n) is 3.50. The molecule has 1 saturated heterocycles. The molecular formula is C15H22N2O2S. The minimum atomic E-state index is 0.0539. The fraction of sp³-hybridized carbons (Fsp3) is 0.533. The quantitative estimate of drug-likeness (QED) is 0.820. The van der Waals surface area contributed by atoms with Gasteiger partial charge in [-0.25, -0.2) is 0 Å². The maximum Gasteiger partial charge on any atom is 0.225 e. The Kier molecular flexibility index (Phi) is 5.73. The Morgan fingerprint density at radius 2 is 2.20 bits per heavy atom. The summed E-state index contributed by atoms with van der Waals surface area (Å²) < 4.78 is 5.33. The third kappa shape index (κ3) is 4.42. The zero-order valence-corrected chi connectivity index (χ0v) is 12.7. The molecule has 1 amide bonds. The number of hydrogen-bond acceptors (Lipinski definition) is 4. The summed E-state index contributed by atoms with van der Waals surface area (Å²) in [5.41, 5.74) is 8.27. The van der Waals surface area contributed by atoms with Crippen molar-refractivity contribution in [3.05, 3.63) is 23.8 Å². The highest BCUT2D eigenvalue weighted by molar-refractivity contribution is 7.99. The number of nitrogens with one attached hydrogen (secondary N) is 1. The molecule has 5 heteroatoms. The first-order valence-corrected chi connectivity index (χ1v) is 8.06. The number of nitrogen functional groups attached to an aromatic ring is 1. The molecule has 1 aromatic carbocycles. The normalized spacial score (nSPS) is 16.1. The van der Waals surface area contributed by atoms with E-state index in [1.807, 2.05) is 36.9 Å². The van der Waals surface area contributed by atoms with E-state index in [2.05, 4.69) is 5.32 Å². The van der Waals surface area contributed by atoms with Gasteiger partial charge in [-0.05, 0) is 37.5 Å². The number of benzene rings is 1. The number of ether oxygens (including phenoxy) is 1. The number of carbonyl (C=O) groups is 1. The summed E-state index contributed by atoms with van der Waals surface area (Å²) >= 11 is 1.88. The van der Waals surface area contributed by atoms with Crippen LogP contribution in [0.4, 0.5) is 11.4 Å². The molecule has 1 aromatic rings. The van der Waals surface area contributed by atoms with Crippen molar-refractivity contribution in [2.24, 2.45) is 0 Å². The Morgan fingerprint density at radius 1 is 1.45 bits per heavy atom. The van der Waals surface area contributed by atoms with E-state index in [0.29, 0.717) is 17.4 Å².